The number of benzene rings is 1. The predicted molar refractivity (Wildman–Crippen MR) is 57.3 cm³/mol. The average Bonchev–Trinajstić information content (AvgIpc) is 3.01. The highest BCUT2D eigenvalue weighted by Gasteiger charge is 2.41. The zero-order valence-electron chi connectivity index (χ0n) is 9.72. The zero-order valence-corrected chi connectivity index (χ0v) is 9.72. The van der Waals surface area contributed by atoms with Crippen LogP contribution in [0.25, 0.3) is 0 Å². The molecule has 1 fully saturated rings. The first-order valence-electron chi connectivity index (χ1n) is 5.32. The van der Waals surface area contributed by atoms with Crippen LogP contribution in [0, 0.1) is 11.6 Å². The van der Waals surface area contributed by atoms with E-state index in [0.717, 1.165) is 0 Å². The van der Waals surface area contributed by atoms with E-state index in [2.05, 4.69) is 4.74 Å². The fourth-order valence-corrected chi connectivity index (χ4v) is 1.77. The van der Waals surface area contributed by atoms with Crippen molar-refractivity contribution in [2.24, 2.45) is 0 Å². The number of rotatable bonds is 4. The van der Waals surface area contributed by atoms with Crippen molar-refractivity contribution in [2.75, 3.05) is 14.2 Å². The molecule has 1 N–H and O–H groups in total. The van der Waals surface area contributed by atoms with Gasteiger partial charge in [-0.05, 0) is 24.5 Å². The van der Waals surface area contributed by atoms with Gasteiger partial charge in [-0.15, -0.1) is 0 Å². The molecule has 0 amide bonds. The van der Waals surface area contributed by atoms with Crippen LogP contribution in [0.3, 0.4) is 0 Å². The van der Waals surface area contributed by atoms with E-state index >= 15 is 0 Å². The molecule has 0 aromatic heterocycles. The Labute approximate surface area is 98.0 Å². The Bertz CT molecular complexity index is 442. The Morgan fingerprint density at radius 2 is 1.88 bits per heavy atom. The quantitative estimate of drug-likeness (QED) is 0.881. The molecule has 0 saturated heterocycles. The first-order chi connectivity index (χ1) is 8.00. The number of hydrogen-bond donors (Lipinski definition) is 1. The molecule has 94 valence electrons. The minimum Gasteiger partial charge on any atom is -0.494 e. The molecule has 0 aliphatic heterocycles. The lowest BCUT2D eigenvalue weighted by atomic mass is 10.0. The summed E-state index contributed by atoms with van der Waals surface area (Å²) in [5.74, 6) is -2.18. The van der Waals surface area contributed by atoms with Gasteiger partial charge in [0.1, 0.15) is 0 Å². The van der Waals surface area contributed by atoms with Gasteiger partial charge in [-0.3, -0.25) is 0 Å². The van der Waals surface area contributed by atoms with Crippen molar-refractivity contribution in [3.05, 3.63) is 23.3 Å². The standard InChI is InChI=1S/C12H14F2O3/c1-16-8-5-7(6-12(15)3-4-12)9(13)11(17-2)10(8)14/h5,15H,3-4,6H2,1-2H3. The molecule has 0 atom stereocenters. The normalized spacial score (nSPS) is 16.8. The molecule has 0 unspecified atom stereocenters. The smallest absolute Gasteiger partial charge is 0.209 e. The Morgan fingerprint density at radius 1 is 1.24 bits per heavy atom. The molecule has 17 heavy (non-hydrogen) atoms. The Kier molecular flexibility index (Phi) is 2.95. The summed E-state index contributed by atoms with van der Waals surface area (Å²) in [6, 6.07) is 1.27. The van der Waals surface area contributed by atoms with Gasteiger partial charge < -0.3 is 14.6 Å². The summed E-state index contributed by atoms with van der Waals surface area (Å²) < 4.78 is 37.0. The zero-order chi connectivity index (χ0) is 12.6. The molecule has 0 spiro atoms. The van der Waals surface area contributed by atoms with Crippen LogP contribution in [0.15, 0.2) is 6.07 Å². The molecule has 0 heterocycles. The van der Waals surface area contributed by atoms with Crippen molar-refractivity contribution in [2.45, 2.75) is 24.9 Å². The van der Waals surface area contributed by atoms with Gasteiger partial charge in [0.05, 0.1) is 19.8 Å². The number of methoxy groups -OCH3 is 2. The summed E-state index contributed by atoms with van der Waals surface area (Å²) in [7, 11) is 2.49. The SMILES string of the molecule is COc1cc(CC2(O)CC2)c(F)c(OC)c1F. The van der Waals surface area contributed by atoms with Gasteiger partial charge >= 0.3 is 0 Å². The molecule has 1 aromatic rings. The second-order valence-corrected chi connectivity index (χ2v) is 4.30. The van der Waals surface area contributed by atoms with Crippen molar-refractivity contribution in [3.63, 3.8) is 0 Å². The summed E-state index contributed by atoms with van der Waals surface area (Å²) in [6.07, 6.45) is 1.41. The minimum absolute atomic E-state index is 0.0810. The first-order valence-corrected chi connectivity index (χ1v) is 5.32. The third-order valence-electron chi connectivity index (χ3n) is 2.97. The molecule has 1 aliphatic rings. The van der Waals surface area contributed by atoms with Crippen LogP contribution in [-0.2, 0) is 6.42 Å². The van der Waals surface area contributed by atoms with Crippen LogP contribution < -0.4 is 9.47 Å². The summed E-state index contributed by atoms with van der Waals surface area (Å²) in [5.41, 5.74) is -0.644. The highest BCUT2D eigenvalue weighted by Crippen LogP contribution is 2.41. The van der Waals surface area contributed by atoms with E-state index in [9.17, 15) is 13.9 Å². The molecule has 1 aliphatic carbocycles. The molecule has 3 nitrogen and oxygen atoms in total. The summed E-state index contributed by atoms with van der Waals surface area (Å²) >= 11 is 0. The van der Waals surface area contributed by atoms with E-state index in [-0.39, 0.29) is 17.7 Å². The molecule has 1 saturated carbocycles. The van der Waals surface area contributed by atoms with E-state index in [4.69, 9.17) is 4.74 Å². The monoisotopic (exact) mass is 244 g/mol. The van der Waals surface area contributed by atoms with E-state index < -0.39 is 23.0 Å². The summed E-state index contributed by atoms with van der Waals surface area (Å²) in [4.78, 5) is 0. The van der Waals surface area contributed by atoms with E-state index in [0.29, 0.717) is 12.8 Å². The molecular formula is C12H14F2O3. The molecular weight excluding hydrogens is 230 g/mol. The van der Waals surface area contributed by atoms with Gasteiger partial charge in [-0.25, -0.2) is 4.39 Å². The van der Waals surface area contributed by atoms with E-state index in [1.54, 1.807) is 0 Å². The van der Waals surface area contributed by atoms with Crippen molar-refractivity contribution >= 4 is 0 Å². The average molecular weight is 244 g/mol. The fraction of sp³-hybridized carbons (Fsp3) is 0.500. The van der Waals surface area contributed by atoms with E-state index in [1.807, 2.05) is 0 Å². The topological polar surface area (TPSA) is 38.7 Å². The Morgan fingerprint density at radius 3 is 2.35 bits per heavy atom. The van der Waals surface area contributed by atoms with Crippen LogP contribution in [0.4, 0.5) is 8.78 Å². The number of halogens is 2. The maximum absolute atomic E-state index is 13.9. The van der Waals surface area contributed by atoms with Gasteiger partial charge in [-0.2, -0.15) is 4.39 Å². The highest BCUT2D eigenvalue weighted by molar-refractivity contribution is 5.43. The predicted octanol–water partition coefficient (Wildman–Crippen LogP) is 2.05. The van der Waals surface area contributed by atoms with Crippen molar-refractivity contribution in [3.8, 4) is 11.5 Å². The van der Waals surface area contributed by atoms with Crippen LogP contribution in [0.1, 0.15) is 18.4 Å². The van der Waals surface area contributed by atoms with Gasteiger partial charge in [0, 0.05) is 6.42 Å². The van der Waals surface area contributed by atoms with Crippen LogP contribution in [0.2, 0.25) is 0 Å². The van der Waals surface area contributed by atoms with Crippen LogP contribution >= 0.6 is 0 Å². The number of aliphatic hydroxyl groups is 1. The maximum atomic E-state index is 13.9. The number of ether oxygens (including phenoxy) is 2. The van der Waals surface area contributed by atoms with E-state index in [1.165, 1.54) is 20.3 Å². The van der Waals surface area contributed by atoms with Crippen molar-refractivity contribution in [1.29, 1.82) is 0 Å². The Hall–Kier alpha value is -1.36. The summed E-state index contributed by atoms with van der Waals surface area (Å²) in [5, 5.41) is 9.76. The molecule has 5 heteroatoms. The second-order valence-electron chi connectivity index (χ2n) is 4.30. The van der Waals surface area contributed by atoms with Gasteiger partial charge in [0.2, 0.25) is 5.82 Å². The van der Waals surface area contributed by atoms with Gasteiger partial charge in [0.15, 0.2) is 17.3 Å². The van der Waals surface area contributed by atoms with Gasteiger partial charge in [-0.1, -0.05) is 0 Å². The van der Waals surface area contributed by atoms with Crippen LogP contribution in [0.5, 0.6) is 11.5 Å². The molecule has 0 bridgehead atoms. The third kappa shape index (κ3) is 2.20. The van der Waals surface area contributed by atoms with Crippen LogP contribution in [-0.4, -0.2) is 24.9 Å². The van der Waals surface area contributed by atoms with Crippen molar-refractivity contribution < 1.29 is 23.4 Å². The minimum atomic E-state index is -0.862. The second kappa shape index (κ2) is 4.14. The Balaban J connectivity index is 2.43. The highest BCUT2D eigenvalue weighted by atomic mass is 19.1. The molecule has 1 aromatic carbocycles. The molecule has 0 radical (unpaired) electrons. The van der Waals surface area contributed by atoms with Crippen molar-refractivity contribution in [1.82, 2.24) is 0 Å². The summed E-state index contributed by atoms with van der Waals surface area (Å²) in [6.45, 7) is 0. The largest absolute Gasteiger partial charge is 0.494 e. The first kappa shape index (κ1) is 12.1. The fourth-order valence-electron chi connectivity index (χ4n) is 1.77. The maximum Gasteiger partial charge on any atom is 0.209 e. The lowest BCUT2D eigenvalue weighted by Gasteiger charge is -2.14. The lowest BCUT2D eigenvalue weighted by Crippen LogP contribution is -2.13. The third-order valence-corrected chi connectivity index (χ3v) is 2.97. The molecule has 2 rings (SSSR count). The number of hydrogen-bond acceptors (Lipinski definition) is 3. The van der Waals surface area contributed by atoms with Gasteiger partial charge in [0.25, 0.3) is 0 Å². The lowest BCUT2D eigenvalue weighted by molar-refractivity contribution is 0.149.